The number of phenolic OH excluding ortho intramolecular Hbond substituents is 2. The quantitative estimate of drug-likeness (QED) is 0.335. The van der Waals surface area contributed by atoms with Crippen molar-refractivity contribution in [2.24, 2.45) is 0 Å². The van der Waals surface area contributed by atoms with Crippen LogP contribution in [-0.4, -0.2) is 24.9 Å². The molecule has 0 heterocycles. The summed E-state index contributed by atoms with van der Waals surface area (Å²) in [6.07, 6.45) is 0. The molecule has 8 heteroatoms. The molecule has 0 radical (unpaired) electrons. The predicted octanol–water partition coefficient (Wildman–Crippen LogP) is -1.16. The third kappa shape index (κ3) is 8.35. The monoisotopic (exact) mass is 307 g/mol. The molecule has 0 unspecified atom stereocenters. The molecule has 0 saturated heterocycles. The van der Waals surface area contributed by atoms with Crippen molar-refractivity contribution in [1.82, 2.24) is 0 Å². The van der Waals surface area contributed by atoms with Crippen LogP contribution in [0.3, 0.4) is 0 Å². The van der Waals surface area contributed by atoms with E-state index in [-0.39, 0.29) is 41.1 Å². The van der Waals surface area contributed by atoms with Crippen molar-refractivity contribution in [3.8, 4) is 22.6 Å². The van der Waals surface area contributed by atoms with Crippen LogP contribution in [0.15, 0.2) is 48.5 Å². The Labute approximate surface area is 137 Å². The van der Waals surface area contributed by atoms with E-state index in [0.717, 1.165) is 11.1 Å². The maximum absolute atomic E-state index is 9.11. The van der Waals surface area contributed by atoms with Gasteiger partial charge < -0.3 is 24.9 Å². The smallest absolute Gasteiger partial charge is 0.508 e. The number of benzene rings is 2. The Kier molecular flexibility index (Phi) is 8.08. The summed E-state index contributed by atoms with van der Waals surface area (Å²) in [6, 6.07) is 13.9. The molecular weight excluding hydrogens is 294 g/mol. The fourth-order valence-electron chi connectivity index (χ4n) is 1.31. The van der Waals surface area contributed by atoms with Gasteiger partial charge in [0.05, 0.1) is 0 Å². The zero-order valence-corrected chi connectivity index (χ0v) is 13.6. The second-order valence-electron chi connectivity index (χ2n) is 3.61. The topological polar surface area (TPSA) is 118 Å². The molecule has 2 aromatic carbocycles. The van der Waals surface area contributed by atoms with Gasteiger partial charge in [0, 0.05) is 0 Å². The van der Waals surface area contributed by atoms with Crippen LogP contribution >= 0.6 is 7.82 Å². The van der Waals surface area contributed by atoms with Gasteiger partial charge in [-0.1, -0.05) is 24.3 Å². The Morgan fingerprint density at radius 2 is 0.850 bits per heavy atom. The van der Waals surface area contributed by atoms with E-state index in [1.54, 1.807) is 24.3 Å². The Balaban J connectivity index is 0.000000526. The number of hydrogen-bond acceptors (Lipinski definition) is 3. The predicted molar refractivity (Wildman–Crippen MR) is 69.5 cm³/mol. The van der Waals surface area contributed by atoms with Gasteiger partial charge in [0.15, 0.2) is 0 Å². The Morgan fingerprint density at radius 1 is 0.650 bits per heavy atom. The maximum atomic E-state index is 9.11. The van der Waals surface area contributed by atoms with Gasteiger partial charge in [-0.05, 0) is 35.4 Å². The number of rotatable bonds is 1. The second-order valence-corrected chi connectivity index (χ2v) is 4.63. The molecule has 5 N–H and O–H groups in total. The molecule has 6 nitrogen and oxygen atoms in total. The summed E-state index contributed by atoms with van der Waals surface area (Å²) in [5.74, 6) is 0.514. The van der Waals surface area contributed by atoms with Gasteiger partial charge >= 0.3 is 37.4 Å². The molecular formula is C12H13NaO6P+. The summed E-state index contributed by atoms with van der Waals surface area (Å²) in [4.78, 5) is 21.6. The molecule has 20 heavy (non-hydrogen) atoms. The number of hydrogen-bond donors (Lipinski definition) is 5. The SMILES string of the molecule is O=P(O)(O)O.Oc1ccc(-c2ccc(O)cc2)cc1.[Na+]. The molecule has 0 aliphatic rings. The molecule has 0 atom stereocenters. The first-order chi connectivity index (χ1) is 8.75. The first kappa shape index (κ1) is 19.1. The van der Waals surface area contributed by atoms with Crippen molar-refractivity contribution in [2.45, 2.75) is 0 Å². The van der Waals surface area contributed by atoms with Crippen LogP contribution in [0.5, 0.6) is 11.5 Å². The van der Waals surface area contributed by atoms with Crippen LogP contribution in [0.1, 0.15) is 0 Å². The van der Waals surface area contributed by atoms with Crippen LogP contribution in [-0.2, 0) is 4.57 Å². The van der Waals surface area contributed by atoms with Gasteiger partial charge in [-0.25, -0.2) is 4.57 Å². The zero-order chi connectivity index (χ0) is 14.5. The van der Waals surface area contributed by atoms with Crippen molar-refractivity contribution in [2.75, 3.05) is 0 Å². The molecule has 0 fully saturated rings. The van der Waals surface area contributed by atoms with E-state index < -0.39 is 7.82 Å². The van der Waals surface area contributed by atoms with Crippen LogP contribution in [0.25, 0.3) is 11.1 Å². The standard InChI is InChI=1S/C12H10O2.Na.H3O4P/c13-11-5-1-9(2-6-11)10-3-7-12(14)8-4-10;;1-5(2,3)4/h1-8,13-14H;;(H3,1,2,3,4)/q;+1;. The maximum Gasteiger partial charge on any atom is 1.00 e. The van der Waals surface area contributed by atoms with Crippen molar-refractivity contribution < 1.29 is 59.0 Å². The molecule has 0 saturated carbocycles. The summed E-state index contributed by atoms with van der Waals surface area (Å²) in [7, 11) is -4.64. The number of phenols is 2. The van der Waals surface area contributed by atoms with E-state index in [4.69, 9.17) is 29.5 Å². The van der Waals surface area contributed by atoms with E-state index in [1.807, 2.05) is 24.3 Å². The molecule has 2 rings (SSSR count). The summed E-state index contributed by atoms with van der Waals surface area (Å²) in [6.45, 7) is 0. The van der Waals surface area contributed by atoms with Crippen molar-refractivity contribution >= 4 is 7.82 Å². The van der Waals surface area contributed by atoms with E-state index in [1.165, 1.54) is 0 Å². The minimum absolute atomic E-state index is 0. The van der Waals surface area contributed by atoms with Gasteiger partial charge in [0.1, 0.15) is 11.5 Å². The van der Waals surface area contributed by atoms with E-state index in [9.17, 15) is 0 Å². The van der Waals surface area contributed by atoms with Gasteiger partial charge in [0.2, 0.25) is 0 Å². The molecule has 102 valence electrons. The fraction of sp³-hybridized carbons (Fsp3) is 0. The Morgan fingerprint density at radius 3 is 1.05 bits per heavy atom. The van der Waals surface area contributed by atoms with E-state index in [0.29, 0.717) is 0 Å². The largest absolute Gasteiger partial charge is 1.00 e. The molecule has 2 aromatic rings. The molecule has 0 bridgehead atoms. The van der Waals surface area contributed by atoms with Crippen LogP contribution in [0, 0.1) is 0 Å². The zero-order valence-electron chi connectivity index (χ0n) is 10.7. The van der Waals surface area contributed by atoms with Gasteiger partial charge in [-0.15, -0.1) is 0 Å². The van der Waals surface area contributed by atoms with E-state index >= 15 is 0 Å². The number of phosphoric acid groups is 1. The van der Waals surface area contributed by atoms with Crippen molar-refractivity contribution in [3.05, 3.63) is 48.5 Å². The number of aromatic hydroxyl groups is 2. The molecule has 0 amide bonds. The first-order valence-electron chi connectivity index (χ1n) is 5.12. The summed E-state index contributed by atoms with van der Waals surface area (Å²) in [5.41, 5.74) is 2.03. The van der Waals surface area contributed by atoms with Crippen LogP contribution in [0.2, 0.25) is 0 Å². The van der Waals surface area contributed by atoms with Crippen LogP contribution in [0.4, 0.5) is 0 Å². The van der Waals surface area contributed by atoms with Gasteiger partial charge in [-0.2, -0.15) is 0 Å². The minimum Gasteiger partial charge on any atom is -0.508 e. The van der Waals surface area contributed by atoms with Crippen LogP contribution < -0.4 is 29.6 Å². The summed E-state index contributed by atoms with van der Waals surface area (Å²) in [5, 5.41) is 18.2. The van der Waals surface area contributed by atoms with Gasteiger partial charge in [0.25, 0.3) is 0 Å². The summed E-state index contributed by atoms with van der Waals surface area (Å²) >= 11 is 0. The molecule has 0 spiro atoms. The second kappa shape index (κ2) is 8.44. The first-order valence-corrected chi connectivity index (χ1v) is 6.69. The third-order valence-electron chi connectivity index (χ3n) is 2.07. The van der Waals surface area contributed by atoms with Crippen molar-refractivity contribution in [1.29, 1.82) is 0 Å². The van der Waals surface area contributed by atoms with E-state index in [2.05, 4.69) is 0 Å². The average molecular weight is 307 g/mol. The molecule has 0 aliphatic heterocycles. The Bertz CT molecular complexity index is 512. The van der Waals surface area contributed by atoms with Crippen molar-refractivity contribution in [3.63, 3.8) is 0 Å². The fourth-order valence-corrected chi connectivity index (χ4v) is 1.31. The Hall–Kier alpha value is -0.850. The van der Waals surface area contributed by atoms with Gasteiger partial charge in [-0.3, -0.25) is 0 Å². The average Bonchev–Trinajstić information content (AvgIpc) is 2.29. The third-order valence-corrected chi connectivity index (χ3v) is 2.07. The summed E-state index contributed by atoms with van der Waals surface area (Å²) < 4.78 is 8.88. The normalized spacial score (nSPS) is 9.95. The molecule has 0 aromatic heterocycles. The minimum atomic E-state index is -4.64. The molecule has 0 aliphatic carbocycles.